The van der Waals surface area contributed by atoms with Crippen LogP contribution in [0.25, 0.3) is 0 Å². The number of carbonyl (C=O) groups is 1. The first-order chi connectivity index (χ1) is 8.49. The Labute approximate surface area is 102 Å². The Balaban J connectivity index is 3.14. The lowest BCUT2D eigenvalue weighted by molar-refractivity contribution is -0.142. The summed E-state index contributed by atoms with van der Waals surface area (Å²) in [6, 6.07) is 2.42. The summed E-state index contributed by atoms with van der Waals surface area (Å²) in [6.07, 6.45) is -3.37. The van der Waals surface area contributed by atoms with Gasteiger partial charge in [-0.25, -0.2) is 13.8 Å². The lowest BCUT2D eigenvalue weighted by Crippen LogP contribution is -2.11. The highest BCUT2D eigenvalue weighted by Crippen LogP contribution is 2.26. The fourth-order valence-corrected chi connectivity index (χ4v) is 1.34. The molecule has 0 bridgehead atoms. The molecule has 5 nitrogen and oxygen atoms in total. The Hall–Kier alpha value is -2.23. The lowest BCUT2D eigenvalue weighted by atomic mass is 10.1. The Morgan fingerprint density at radius 2 is 2.33 bits per heavy atom. The highest BCUT2D eigenvalue weighted by molar-refractivity contribution is 5.73. The Morgan fingerprint density at radius 1 is 1.67 bits per heavy atom. The molecule has 1 rings (SSSR count). The number of carbonyl (C=O) groups excluding carboxylic acids is 1. The first-order valence-electron chi connectivity index (χ1n) is 5.06. The van der Waals surface area contributed by atoms with Crippen LogP contribution in [0, 0.1) is 11.3 Å². The molecule has 1 heterocycles. The van der Waals surface area contributed by atoms with E-state index in [1.165, 1.54) is 6.07 Å². The summed E-state index contributed by atoms with van der Waals surface area (Å²) in [4.78, 5) is 14.5. The third-order valence-corrected chi connectivity index (χ3v) is 2.07. The molecule has 0 aliphatic carbocycles. The fourth-order valence-electron chi connectivity index (χ4n) is 1.34. The third kappa shape index (κ3) is 3.13. The summed E-state index contributed by atoms with van der Waals surface area (Å²) in [5.74, 6) is -1.24. The average Bonchev–Trinajstić information content (AvgIpc) is 2.29. The van der Waals surface area contributed by atoms with Crippen LogP contribution in [0.5, 0.6) is 5.75 Å². The molecule has 7 heteroatoms. The zero-order chi connectivity index (χ0) is 13.7. The first kappa shape index (κ1) is 13.8. The summed E-state index contributed by atoms with van der Waals surface area (Å²) >= 11 is 0. The first-order valence-corrected chi connectivity index (χ1v) is 5.06. The number of esters is 1. The van der Waals surface area contributed by atoms with Crippen molar-refractivity contribution in [1.82, 2.24) is 4.98 Å². The van der Waals surface area contributed by atoms with E-state index in [9.17, 15) is 18.7 Å². The van der Waals surface area contributed by atoms with Crippen LogP contribution in [0.4, 0.5) is 8.78 Å². The topological polar surface area (TPSA) is 83.2 Å². The quantitative estimate of drug-likeness (QED) is 0.829. The molecule has 0 unspecified atom stereocenters. The minimum absolute atomic E-state index is 0.124. The van der Waals surface area contributed by atoms with Crippen LogP contribution < -0.4 is 0 Å². The van der Waals surface area contributed by atoms with Crippen molar-refractivity contribution in [3.05, 3.63) is 23.0 Å². The number of alkyl halides is 2. The SMILES string of the molecule is CCOC(=O)Cc1cc(O)c(C#N)nc1C(F)F. The maximum Gasteiger partial charge on any atom is 0.310 e. The van der Waals surface area contributed by atoms with Gasteiger partial charge in [-0.15, -0.1) is 0 Å². The number of nitrogens with zero attached hydrogens (tertiary/aromatic N) is 2. The van der Waals surface area contributed by atoms with Gasteiger partial charge in [-0.05, 0) is 18.6 Å². The lowest BCUT2D eigenvalue weighted by Gasteiger charge is -2.09. The van der Waals surface area contributed by atoms with Crippen molar-refractivity contribution < 1.29 is 23.4 Å². The molecule has 0 saturated heterocycles. The van der Waals surface area contributed by atoms with Gasteiger partial charge in [-0.2, -0.15) is 5.26 Å². The maximum absolute atomic E-state index is 12.7. The monoisotopic (exact) mass is 256 g/mol. The van der Waals surface area contributed by atoms with Crippen LogP contribution >= 0.6 is 0 Å². The van der Waals surface area contributed by atoms with Crippen molar-refractivity contribution in [3.63, 3.8) is 0 Å². The Morgan fingerprint density at radius 3 is 2.83 bits per heavy atom. The molecule has 0 aromatic carbocycles. The number of ether oxygens (including phenoxy) is 1. The van der Waals surface area contributed by atoms with Gasteiger partial charge in [0.1, 0.15) is 11.8 Å². The summed E-state index contributed by atoms with van der Waals surface area (Å²) in [5, 5.41) is 17.9. The second kappa shape index (κ2) is 5.91. The van der Waals surface area contributed by atoms with Crippen molar-refractivity contribution in [2.45, 2.75) is 19.8 Å². The number of hydrogen-bond acceptors (Lipinski definition) is 5. The minimum atomic E-state index is -2.94. The maximum atomic E-state index is 12.7. The van der Waals surface area contributed by atoms with Gasteiger partial charge in [0.05, 0.1) is 13.0 Å². The van der Waals surface area contributed by atoms with Gasteiger partial charge in [0.15, 0.2) is 11.4 Å². The van der Waals surface area contributed by atoms with E-state index in [-0.39, 0.29) is 12.2 Å². The van der Waals surface area contributed by atoms with Gasteiger partial charge in [0.2, 0.25) is 0 Å². The second-order valence-electron chi connectivity index (χ2n) is 3.29. The highest BCUT2D eigenvalue weighted by atomic mass is 19.3. The number of rotatable bonds is 4. The minimum Gasteiger partial charge on any atom is -0.505 e. The van der Waals surface area contributed by atoms with Gasteiger partial charge >= 0.3 is 5.97 Å². The predicted octanol–water partition coefficient (Wildman–Crippen LogP) is 1.70. The number of pyridine rings is 1. The van der Waals surface area contributed by atoms with E-state index in [1.807, 2.05) is 0 Å². The van der Waals surface area contributed by atoms with E-state index in [4.69, 9.17) is 5.26 Å². The zero-order valence-corrected chi connectivity index (χ0v) is 9.48. The van der Waals surface area contributed by atoms with Crippen LogP contribution in [0.1, 0.15) is 30.3 Å². The van der Waals surface area contributed by atoms with Crippen molar-refractivity contribution in [2.75, 3.05) is 6.61 Å². The van der Waals surface area contributed by atoms with E-state index in [0.717, 1.165) is 6.07 Å². The summed E-state index contributed by atoms with van der Waals surface area (Å²) < 4.78 is 30.0. The summed E-state index contributed by atoms with van der Waals surface area (Å²) in [6.45, 7) is 1.71. The van der Waals surface area contributed by atoms with Crippen LogP contribution in [-0.2, 0) is 16.0 Å². The molecule has 1 aromatic heterocycles. The van der Waals surface area contributed by atoms with E-state index in [2.05, 4.69) is 9.72 Å². The number of aromatic nitrogens is 1. The van der Waals surface area contributed by atoms with Gasteiger partial charge in [0, 0.05) is 0 Å². The number of hydrogen-bond donors (Lipinski definition) is 1. The largest absolute Gasteiger partial charge is 0.505 e. The third-order valence-electron chi connectivity index (χ3n) is 2.07. The van der Waals surface area contributed by atoms with E-state index in [1.54, 1.807) is 6.92 Å². The van der Waals surface area contributed by atoms with E-state index >= 15 is 0 Å². The molecule has 96 valence electrons. The number of halogens is 2. The normalized spacial score (nSPS) is 10.2. The molecule has 0 amide bonds. The van der Waals surface area contributed by atoms with Crippen molar-refractivity contribution in [2.24, 2.45) is 0 Å². The fraction of sp³-hybridized carbons (Fsp3) is 0.364. The molecule has 0 spiro atoms. The molecule has 1 N–H and O–H groups in total. The molecule has 0 atom stereocenters. The zero-order valence-electron chi connectivity index (χ0n) is 9.48. The predicted molar refractivity (Wildman–Crippen MR) is 55.9 cm³/mol. The molecule has 1 aromatic rings. The van der Waals surface area contributed by atoms with E-state index in [0.29, 0.717) is 0 Å². The molecule has 0 saturated carbocycles. The molecule has 18 heavy (non-hydrogen) atoms. The van der Waals surface area contributed by atoms with Crippen molar-refractivity contribution >= 4 is 5.97 Å². The molecule has 0 aliphatic heterocycles. The van der Waals surface area contributed by atoms with Crippen molar-refractivity contribution in [3.8, 4) is 11.8 Å². The molecular formula is C11H10F2N2O3. The molecule has 0 radical (unpaired) electrons. The van der Waals surface area contributed by atoms with Crippen LogP contribution in [0.15, 0.2) is 6.07 Å². The number of aromatic hydroxyl groups is 1. The molecule has 0 aliphatic rings. The Kier molecular flexibility index (Phi) is 4.54. The highest BCUT2D eigenvalue weighted by Gasteiger charge is 2.20. The van der Waals surface area contributed by atoms with E-state index < -0.39 is 36.0 Å². The van der Waals surface area contributed by atoms with Crippen molar-refractivity contribution in [1.29, 1.82) is 5.26 Å². The van der Waals surface area contributed by atoms with Crippen LogP contribution in [0.3, 0.4) is 0 Å². The van der Waals surface area contributed by atoms with Gasteiger partial charge in [-0.1, -0.05) is 0 Å². The standard InChI is InChI=1S/C11H10F2N2O3/c1-2-18-9(17)4-6-3-8(16)7(5-14)15-10(6)11(12)13/h3,11,16H,2,4H2,1H3. The summed E-state index contributed by atoms with van der Waals surface area (Å²) in [5.41, 5.74) is -1.35. The van der Waals surface area contributed by atoms with Gasteiger partial charge in [0.25, 0.3) is 6.43 Å². The van der Waals surface area contributed by atoms with Crippen LogP contribution in [0.2, 0.25) is 0 Å². The second-order valence-corrected chi connectivity index (χ2v) is 3.29. The average molecular weight is 256 g/mol. The Bertz CT molecular complexity index is 498. The molecular weight excluding hydrogens is 246 g/mol. The van der Waals surface area contributed by atoms with Gasteiger partial charge in [-0.3, -0.25) is 4.79 Å². The van der Waals surface area contributed by atoms with Gasteiger partial charge < -0.3 is 9.84 Å². The molecule has 0 fully saturated rings. The van der Waals surface area contributed by atoms with Crippen LogP contribution in [-0.4, -0.2) is 22.7 Å². The number of nitriles is 1. The smallest absolute Gasteiger partial charge is 0.310 e. The summed E-state index contributed by atoms with van der Waals surface area (Å²) in [7, 11) is 0.